The second-order valence-electron chi connectivity index (χ2n) is 7.70. The molecule has 0 aliphatic heterocycles. The van der Waals surface area contributed by atoms with Gasteiger partial charge in [0.2, 0.25) is 5.95 Å². The van der Waals surface area contributed by atoms with Crippen LogP contribution in [0.3, 0.4) is 0 Å². The Kier molecular flexibility index (Phi) is 11.2. The van der Waals surface area contributed by atoms with E-state index in [2.05, 4.69) is 29.1 Å². The number of nitrogens with zero attached hydrogens (tertiary/aromatic N) is 3. The molecule has 2 aromatic carbocycles. The van der Waals surface area contributed by atoms with Crippen molar-refractivity contribution >= 4 is 82.3 Å². The van der Waals surface area contributed by atoms with Gasteiger partial charge in [0.1, 0.15) is 6.04 Å². The molecule has 3 aromatic rings. The molecule has 178 valence electrons. The van der Waals surface area contributed by atoms with Crippen LogP contribution >= 0.6 is 23.2 Å². The molecule has 35 heavy (non-hydrogen) atoms. The van der Waals surface area contributed by atoms with Crippen LogP contribution in [0.4, 0.5) is 11.6 Å². The van der Waals surface area contributed by atoms with Gasteiger partial charge in [0, 0.05) is 24.1 Å². The Labute approximate surface area is 236 Å². The van der Waals surface area contributed by atoms with Gasteiger partial charge >= 0.3 is 35.5 Å². The first-order chi connectivity index (χ1) is 16.3. The summed E-state index contributed by atoms with van der Waals surface area (Å²) in [6.45, 7) is 4.11. The van der Waals surface area contributed by atoms with Crippen molar-refractivity contribution in [3.63, 3.8) is 0 Å². The topological polar surface area (TPSA) is 95.4 Å². The molecule has 3 rings (SSSR count). The van der Waals surface area contributed by atoms with Gasteiger partial charge < -0.3 is 15.3 Å². The van der Waals surface area contributed by atoms with Crippen molar-refractivity contribution in [1.82, 2.24) is 15.3 Å². The van der Waals surface area contributed by atoms with Gasteiger partial charge in [0.25, 0.3) is 5.91 Å². The first-order valence-corrected chi connectivity index (χ1v) is 11.3. The number of nitrogens with one attached hydrogen (secondary N) is 1. The molecule has 7 nitrogen and oxygen atoms in total. The number of carbonyl (C=O) groups is 2. The van der Waals surface area contributed by atoms with Gasteiger partial charge in [-0.05, 0) is 56.2 Å². The van der Waals surface area contributed by atoms with E-state index in [1.54, 1.807) is 36.7 Å². The van der Waals surface area contributed by atoms with Gasteiger partial charge in [-0.3, -0.25) is 4.79 Å². The molecule has 0 radical (unpaired) electrons. The Balaban J connectivity index is 0.00000432. The van der Waals surface area contributed by atoms with Gasteiger partial charge in [0.15, 0.2) is 0 Å². The molecule has 0 aliphatic carbocycles. The zero-order chi connectivity index (χ0) is 24.7. The standard InChI is InChI=1S/C25H24Cl2N4O3.Na.H/c1-16(2)31(25-28-14-5-15-29-25)18-12-10-17(11-13-18)6-3-9-21(24(33)34)30-23(32)22-19(26)7-4-8-20(22)27;;/h3-8,10-16,21H,9H2,1-2H3,(H,30,32)(H,33,34);;. The third kappa shape index (κ3) is 7.78. The summed E-state index contributed by atoms with van der Waals surface area (Å²) in [5, 5.41) is 12.3. The fourth-order valence-corrected chi connectivity index (χ4v) is 3.88. The number of amides is 1. The number of benzene rings is 2. The number of halogens is 2. The van der Waals surface area contributed by atoms with Crippen LogP contribution < -0.4 is 10.2 Å². The Hall–Kier alpha value is -2.42. The summed E-state index contributed by atoms with van der Waals surface area (Å²) in [5.41, 5.74) is 1.87. The second kappa shape index (κ2) is 13.6. The first-order valence-electron chi connectivity index (χ1n) is 10.6. The Bertz CT molecular complexity index is 1150. The summed E-state index contributed by atoms with van der Waals surface area (Å²) in [5.74, 6) is -1.19. The fraction of sp³-hybridized carbons (Fsp3) is 0.200. The van der Waals surface area contributed by atoms with E-state index in [1.165, 1.54) is 12.1 Å². The zero-order valence-corrected chi connectivity index (χ0v) is 20.2. The Morgan fingerprint density at radius 3 is 2.17 bits per heavy atom. The van der Waals surface area contributed by atoms with Crippen LogP contribution in [-0.2, 0) is 4.79 Å². The fourth-order valence-electron chi connectivity index (χ4n) is 3.31. The average Bonchev–Trinajstić information content (AvgIpc) is 2.80. The first kappa shape index (κ1) is 28.8. The van der Waals surface area contributed by atoms with E-state index >= 15 is 0 Å². The maximum absolute atomic E-state index is 12.5. The Morgan fingerprint density at radius 1 is 1.03 bits per heavy atom. The van der Waals surface area contributed by atoms with E-state index in [9.17, 15) is 14.7 Å². The van der Waals surface area contributed by atoms with Crippen molar-refractivity contribution < 1.29 is 14.7 Å². The van der Waals surface area contributed by atoms with Crippen molar-refractivity contribution in [2.24, 2.45) is 0 Å². The summed E-state index contributed by atoms with van der Waals surface area (Å²) < 4.78 is 0. The number of aromatic nitrogens is 2. The molecular weight excluding hydrogens is 498 g/mol. The predicted molar refractivity (Wildman–Crippen MR) is 142 cm³/mol. The monoisotopic (exact) mass is 522 g/mol. The van der Waals surface area contributed by atoms with E-state index in [-0.39, 0.29) is 57.6 Å². The van der Waals surface area contributed by atoms with E-state index in [0.717, 1.165) is 11.3 Å². The summed E-state index contributed by atoms with van der Waals surface area (Å²) in [6.07, 6.45) is 6.98. The minimum absolute atomic E-state index is 0. The molecule has 0 saturated heterocycles. The van der Waals surface area contributed by atoms with Crippen LogP contribution in [0.1, 0.15) is 36.2 Å². The number of rotatable bonds is 9. The predicted octanol–water partition coefficient (Wildman–Crippen LogP) is 4.97. The van der Waals surface area contributed by atoms with E-state index in [4.69, 9.17) is 23.2 Å². The third-order valence-electron chi connectivity index (χ3n) is 4.93. The summed E-state index contributed by atoms with van der Waals surface area (Å²) in [4.78, 5) is 34.9. The molecule has 1 aromatic heterocycles. The van der Waals surface area contributed by atoms with E-state index < -0.39 is 17.9 Å². The van der Waals surface area contributed by atoms with E-state index in [0.29, 0.717) is 5.95 Å². The molecule has 2 N–H and O–H groups in total. The molecular formula is C25H25Cl2N4NaO3. The van der Waals surface area contributed by atoms with Crippen LogP contribution in [0, 0.1) is 0 Å². The molecule has 10 heteroatoms. The van der Waals surface area contributed by atoms with Gasteiger partial charge in [-0.1, -0.05) is 53.6 Å². The third-order valence-corrected chi connectivity index (χ3v) is 5.56. The second-order valence-corrected chi connectivity index (χ2v) is 8.52. The number of carboxylic acids is 1. The maximum atomic E-state index is 12.5. The molecule has 1 heterocycles. The number of carboxylic acid groups (broad SMARTS) is 1. The molecule has 1 unspecified atom stereocenters. The molecule has 0 aliphatic rings. The minimum atomic E-state index is -1.16. The van der Waals surface area contributed by atoms with Crippen LogP contribution in [-0.4, -0.2) is 68.6 Å². The summed E-state index contributed by atoms with van der Waals surface area (Å²) in [7, 11) is 0. The summed E-state index contributed by atoms with van der Waals surface area (Å²) >= 11 is 12.1. The number of carbonyl (C=O) groups excluding carboxylic acids is 1. The van der Waals surface area contributed by atoms with Crippen LogP contribution in [0.2, 0.25) is 10.0 Å². The average molecular weight is 523 g/mol. The molecule has 0 spiro atoms. The van der Waals surface area contributed by atoms with E-state index in [1.807, 2.05) is 29.2 Å². The van der Waals surface area contributed by atoms with Crippen molar-refractivity contribution in [2.45, 2.75) is 32.4 Å². The van der Waals surface area contributed by atoms with Gasteiger partial charge in [0.05, 0.1) is 15.6 Å². The molecule has 0 bridgehead atoms. The SMILES string of the molecule is CC(C)N(c1ccc(C=CCC(NC(=O)c2c(Cl)cccc2Cl)C(=O)O)cc1)c1ncccn1.[NaH]. The Morgan fingerprint density at radius 2 is 1.63 bits per heavy atom. The molecule has 0 fully saturated rings. The zero-order valence-electron chi connectivity index (χ0n) is 18.7. The van der Waals surface area contributed by atoms with Gasteiger partial charge in [-0.15, -0.1) is 0 Å². The number of anilines is 2. The van der Waals surface area contributed by atoms with Crippen LogP contribution in [0.15, 0.2) is 67.0 Å². The molecule has 1 atom stereocenters. The normalized spacial score (nSPS) is 11.7. The molecule has 1 amide bonds. The van der Waals surface area contributed by atoms with Gasteiger partial charge in [-0.25, -0.2) is 14.8 Å². The quantitative estimate of drug-likeness (QED) is 0.385. The van der Waals surface area contributed by atoms with Crippen molar-refractivity contribution in [3.8, 4) is 0 Å². The van der Waals surface area contributed by atoms with Crippen LogP contribution in [0.25, 0.3) is 6.08 Å². The van der Waals surface area contributed by atoms with Gasteiger partial charge in [-0.2, -0.15) is 0 Å². The van der Waals surface area contributed by atoms with Crippen molar-refractivity contribution in [3.05, 3.63) is 88.2 Å². The number of hydrogen-bond donors (Lipinski definition) is 2. The molecule has 0 saturated carbocycles. The van der Waals surface area contributed by atoms with Crippen LogP contribution in [0.5, 0.6) is 0 Å². The van der Waals surface area contributed by atoms with Crippen molar-refractivity contribution in [2.75, 3.05) is 4.90 Å². The summed E-state index contributed by atoms with van der Waals surface area (Å²) in [6, 6.07) is 13.2. The number of hydrogen-bond acceptors (Lipinski definition) is 5. The number of aliphatic carboxylic acids is 1. The van der Waals surface area contributed by atoms with Crippen molar-refractivity contribution in [1.29, 1.82) is 0 Å².